The number of esters is 2. The van der Waals surface area contributed by atoms with Gasteiger partial charge in [0.1, 0.15) is 5.75 Å². The van der Waals surface area contributed by atoms with E-state index in [1.54, 1.807) is 57.2 Å². The zero-order valence-corrected chi connectivity index (χ0v) is 22.7. The van der Waals surface area contributed by atoms with Gasteiger partial charge in [-0.15, -0.1) is 0 Å². The van der Waals surface area contributed by atoms with Gasteiger partial charge in [0.15, 0.2) is 22.9 Å². The number of rotatable bonds is 9. The van der Waals surface area contributed by atoms with Crippen molar-refractivity contribution in [3.8, 4) is 17.2 Å². The molecule has 0 saturated carbocycles. The maximum Gasteiger partial charge on any atom is 0.343 e. The van der Waals surface area contributed by atoms with Crippen molar-refractivity contribution in [2.75, 3.05) is 26.9 Å². The largest absolute Gasteiger partial charge is 0.508 e. The summed E-state index contributed by atoms with van der Waals surface area (Å²) in [5.74, 6) is -0.370. The highest BCUT2D eigenvalue weighted by Crippen LogP contribution is 2.36. The fourth-order valence-corrected chi connectivity index (χ4v) is 5.15. The van der Waals surface area contributed by atoms with Gasteiger partial charge in [-0.1, -0.05) is 29.5 Å². The van der Waals surface area contributed by atoms with Crippen molar-refractivity contribution >= 4 is 29.4 Å². The van der Waals surface area contributed by atoms with Gasteiger partial charge in [0, 0.05) is 0 Å². The van der Waals surface area contributed by atoms with Crippen LogP contribution in [0.25, 0.3) is 6.08 Å². The molecule has 39 heavy (non-hydrogen) atoms. The number of hydrogen-bond acceptors (Lipinski definition) is 10. The molecule has 10 nitrogen and oxygen atoms in total. The van der Waals surface area contributed by atoms with Crippen molar-refractivity contribution < 1.29 is 33.6 Å². The van der Waals surface area contributed by atoms with Gasteiger partial charge in [-0.3, -0.25) is 9.36 Å². The molecule has 204 valence electrons. The van der Waals surface area contributed by atoms with E-state index in [0.717, 1.165) is 5.56 Å². The third-order valence-corrected chi connectivity index (χ3v) is 6.85. The molecule has 0 radical (unpaired) electrons. The number of phenolic OH excluding ortho intramolecular Hbond substituents is 1. The van der Waals surface area contributed by atoms with E-state index in [-0.39, 0.29) is 30.1 Å². The van der Waals surface area contributed by atoms with Crippen LogP contribution in [0.15, 0.2) is 63.5 Å². The molecule has 4 rings (SSSR count). The summed E-state index contributed by atoms with van der Waals surface area (Å²) in [5.41, 5.74) is 1.61. The second-order valence-corrected chi connectivity index (χ2v) is 9.41. The second kappa shape index (κ2) is 12.0. The van der Waals surface area contributed by atoms with E-state index < -0.39 is 18.0 Å². The molecular formula is C28H28N2O8S. The quantitative estimate of drug-likeness (QED) is 0.402. The Labute approximate surface area is 228 Å². The summed E-state index contributed by atoms with van der Waals surface area (Å²) in [7, 11) is 1.27. The van der Waals surface area contributed by atoms with Crippen molar-refractivity contribution in [3.63, 3.8) is 0 Å². The molecule has 0 bridgehead atoms. The molecule has 1 aromatic heterocycles. The lowest BCUT2D eigenvalue weighted by atomic mass is 9.95. The molecule has 1 aliphatic heterocycles. The van der Waals surface area contributed by atoms with Gasteiger partial charge in [-0.2, -0.15) is 0 Å². The third kappa shape index (κ3) is 5.88. The standard InChI is InChI=1S/C28H28N2O8S/c1-5-36-21-14-18(9-12-20(21)38-15-23(32)35-4)25-24(27(34)37-6-2)16(3)29-28-30(25)26(33)22(39-28)13-17-7-10-19(31)11-8-17/h7-14,25,31H,5-6,15H2,1-4H3/b22-13-/t25-/m0/s1. The fraction of sp³-hybridized carbons (Fsp3) is 0.286. The van der Waals surface area contributed by atoms with Gasteiger partial charge in [0.05, 0.1) is 42.2 Å². The number of phenols is 1. The average molecular weight is 553 g/mol. The van der Waals surface area contributed by atoms with Gasteiger partial charge >= 0.3 is 11.9 Å². The highest BCUT2D eigenvalue weighted by Gasteiger charge is 2.34. The Morgan fingerprint density at radius 1 is 1.08 bits per heavy atom. The van der Waals surface area contributed by atoms with Crippen LogP contribution in [0.4, 0.5) is 0 Å². The Morgan fingerprint density at radius 3 is 2.49 bits per heavy atom. The van der Waals surface area contributed by atoms with Crippen LogP contribution < -0.4 is 24.4 Å². The van der Waals surface area contributed by atoms with E-state index in [4.69, 9.17) is 14.2 Å². The first-order valence-corrected chi connectivity index (χ1v) is 13.0. The number of aromatic nitrogens is 1. The summed E-state index contributed by atoms with van der Waals surface area (Å²) in [5, 5.41) is 9.59. The van der Waals surface area contributed by atoms with E-state index in [1.165, 1.54) is 35.1 Å². The minimum atomic E-state index is -0.851. The van der Waals surface area contributed by atoms with E-state index in [0.29, 0.717) is 38.7 Å². The van der Waals surface area contributed by atoms with Gasteiger partial charge in [0.2, 0.25) is 0 Å². The van der Waals surface area contributed by atoms with Crippen LogP contribution in [-0.4, -0.2) is 48.5 Å². The number of methoxy groups -OCH3 is 1. The van der Waals surface area contributed by atoms with Gasteiger partial charge in [-0.05, 0) is 62.2 Å². The maximum atomic E-state index is 13.7. The van der Waals surface area contributed by atoms with Crippen molar-refractivity contribution in [2.45, 2.75) is 26.8 Å². The fourth-order valence-electron chi connectivity index (χ4n) is 4.11. The molecule has 2 aromatic carbocycles. The molecule has 3 aromatic rings. The lowest BCUT2D eigenvalue weighted by Crippen LogP contribution is -2.40. The van der Waals surface area contributed by atoms with Crippen LogP contribution in [0.3, 0.4) is 0 Å². The molecule has 0 spiro atoms. The Balaban J connectivity index is 1.89. The van der Waals surface area contributed by atoms with Crippen molar-refractivity contribution in [2.24, 2.45) is 4.99 Å². The Hall–Kier alpha value is -4.38. The predicted octanol–water partition coefficient (Wildman–Crippen LogP) is 2.45. The molecule has 1 N–H and O–H groups in total. The van der Waals surface area contributed by atoms with E-state index >= 15 is 0 Å². The van der Waals surface area contributed by atoms with Crippen molar-refractivity contribution in [1.29, 1.82) is 0 Å². The van der Waals surface area contributed by atoms with Crippen LogP contribution in [0.1, 0.15) is 37.9 Å². The second-order valence-electron chi connectivity index (χ2n) is 8.40. The molecule has 11 heteroatoms. The first-order valence-electron chi connectivity index (χ1n) is 12.2. The molecule has 0 aliphatic carbocycles. The SMILES string of the molecule is CCOC(=O)C1=C(C)N=c2s/c(=C\c3ccc(O)cc3)c(=O)n2[C@H]1c1ccc(OCC(=O)OC)c(OCC)c1. The number of allylic oxidation sites excluding steroid dienone is 1. The smallest absolute Gasteiger partial charge is 0.343 e. The van der Waals surface area contributed by atoms with Gasteiger partial charge < -0.3 is 24.1 Å². The van der Waals surface area contributed by atoms with Gasteiger partial charge in [0.25, 0.3) is 5.56 Å². The first-order chi connectivity index (χ1) is 18.8. The zero-order valence-electron chi connectivity index (χ0n) is 21.9. The topological polar surface area (TPSA) is 126 Å². The third-order valence-electron chi connectivity index (χ3n) is 5.86. The summed E-state index contributed by atoms with van der Waals surface area (Å²) >= 11 is 1.19. The van der Waals surface area contributed by atoms with Crippen molar-refractivity contribution in [3.05, 3.63) is 84.5 Å². The number of carbonyl (C=O) groups excluding carboxylic acids is 2. The summed E-state index contributed by atoms with van der Waals surface area (Å²) in [4.78, 5) is 43.5. The minimum absolute atomic E-state index is 0.118. The molecule has 2 heterocycles. The molecular weight excluding hydrogens is 524 g/mol. The van der Waals surface area contributed by atoms with Crippen molar-refractivity contribution in [1.82, 2.24) is 4.57 Å². The Bertz CT molecular complexity index is 1600. The number of ether oxygens (including phenoxy) is 4. The van der Waals surface area contributed by atoms with Crippen LogP contribution in [0.5, 0.6) is 17.2 Å². The zero-order chi connectivity index (χ0) is 28.1. The highest BCUT2D eigenvalue weighted by atomic mass is 32.1. The van der Waals surface area contributed by atoms with E-state index in [2.05, 4.69) is 9.73 Å². The molecule has 0 amide bonds. The molecule has 1 aliphatic rings. The number of hydrogen-bond donors (Lipinski definition) is 1. The van der Waals surface area contributed by atoms with Crippen LogP contribution in [0.2, 0.25) is 0 Å². The summed E-state index contributed by atoms with van der Waals surface area (Å²) < 4.78 is 23.2. The maximum absolute atomic E-state index is 13.7. The predicted molar refractivity (Wildman–Crippen MR) is 144 cm³/mol. The number of nitrogens with zero attached hydrogens (tertiary/aromatic N) is 2. The summed E-state index contributed by atoms with van der Waals surface area (Å²) in [6.45, 7) is 5.36. The van der Waals surface area contributed by atoms with Crippen LogP contribution >= 0.6 is 11.3 Å². The molecule has 1 atom stereocenters. The normalized spacial score (nSPS) is 14.9. The number of benzene rings is 2. The number of fused-ring (bicyclic) bond motifs is 1. The molecule has 0 fully saturated rings. The van der Waals surface area contributed by atoms with E-state index in [1.807, 2.05) is 0 Å². The summed E-state index contributed by atoms with van der Waals surface area (Å²) in [6, 6.07) is 10.6. The number of thiazole rings is 1. The van der Waals surface area contributed by atoms with Crippen LogP contribution in [0, 0.1) is 0 Å². The summed E-state index contributed by atoms with van der Waals surface area (Å²) in [6.07, 6.45) is 1.71. The highest BCUT2D eigenvalue weighted by molar-refractivity contribution is 7.07. The molecule has 0 unspecified atom stereocenters. The molecule has 0 saturated heterocycles. The number of aromatic hydroxyl groups is 1. The Morgan fingerprint density at radius 2 is 1.82 bits per heavy atom. The van der Waals surface area contributed by atoms with Gasteiger partial charge in [-0.25, -0.2) is 14.6 Å². The minimum Gasteiger partial charge on any atom is -0.508 e. The monoisotopic (exact) mass is 552 g/mol. The number of carbonyl (C=O) groups is 2. The van der Waals surface area contributed by atoms with Crippen LogP contribution in [-0.2, 0) is 19.1 Å². The lowest BCUT2D eigenvalue weighted by molar-refractivity contribution is -0.143. The lowest BCUT2D eigenvalue weighted by Gasteiger charge is -2.25. The van der Waals surface area contributed by atoms with E-state index in [9.17, 15) is 19.5 Å². The first kappa shape index (κ1) is 27.6. The average Bonchev–Trinajstić information content (AvgIpc) is 3.22. The Kier molecular flexibility index (Phi) is 8.50.